The Morgan fingerprint density at radius 1 is 0.703 bits per heavy atom. The van der Waals surface area contributed by atoms with Crippen LogP contribution in [0.15, 0.2) is 50.0 Å². The van der Waals surface area contributed by atoms with Crippen molar-refractivity contribution in [2.45, 2.75) is 76.0 Å². The zero-order chi connectivity index (χ0) is 28.3. The van der Waals surface area contributed by atoms with Crippen molar-refractivity contribution in [2.75, 3.05) is 0 Å². The van der Waals surface area contributed by atoms with E-state index >= 15 is 0 Å². The number of phenols is 2. The van der Waals surface area contributed by atoms with Crippen LogP contribution in [0.2, 0.25) is 15.1 Å². The second-order valence-corrected chi connectivity index (χ2v) is 14.3. The van der Waals surface area contributed by atoms with Crippen LogP contribution in [0, 0.1) is 13.8 Å². The van der Waals surface area contributed by atoms with Gasteiger partial charge in [0.2, 0.25) is 0 Å². The fourth-order valence-corrected chi connectivity index (χ4v) is 6.57. The van der Waals surface area contributed by atoms with Crippen LogP contribution in [0.1, 0.15) is 63.8 Å². The molecule has 0 spiro atoms. The molecule has 3 rings (SSSR count). The number of rotatable bonds is 3. The molecule has 0 amide bonds. The van der Waals surface area contributed by atoms with Crippen molar-refractivity contribution in [1.29, 1.82) is 0 Å². The molecule has 0 aliphatic heterocycles. The van der Waals surface area contributed by atoms with Crippen molar-refractivity contribution in [3.05, 3.63) is 73.7 Å². The molecule has 0 aliphatic carbocycles. The molecule has 0 unspecified atom stereocenters. The Kier molecular flexibility index (Phi) is 11.4. The molecule has 0 heterocycles. The van der Waals surface area contributed by atoms with Crippen LogP contribution in [0.3, 0.4) is 0 Å². The van der Waals surface area contributed by atoms with Crippen LogP contribution in [-0.2, 0) is 26.0 Å². The number of hydrogen-bond acceptors (Lipinski definition) is 4. The van der Waals surface area contributed by atoms with Crippen molar-refractivity contribution >= 4 is 62.1 Å². The first-order valence-corrected chi connectivity index (χ1v) is 16.0. The van der Waals surface area contributed by atoms with Gasteiger partial charge in [-0.1, -0.05) is 65.4 Å². The van der Waals surface area contributed by atoms with Gasteiger partial charge >= 0.3 is 96.5 Å². The van der Waals surface area contributed by atoms with Gasteiger partial charge in [-0.15, -0.1) is 0 Å². The molecule has 0 saturated heterocycles. The van der Waals surface area contributed by atoms with Crippen molar-refractivity contribution in [1.82, 2.24) is 0 Å². The predicted octanol–water partition coefficient (Wildman–Crippen LogP) is 11.2. The van der Waals surface area contributed by atoms with Crippen molar-refractivity contribution in [3.63, 3.8) is 0 Å². The number of benzene rings is 3. The van der Waals surface area contributed by atoms with E-state index in [2.05, 4.69) is 45.3 Å². The van der Waals surface area contributed by atoms with Gasteiger partial charge in [-0.2, -0.15) is 0 Å². The van der Waals surface area contributed by atoms with E-state index in [9.17, 15) is 10.2 Å². The standard InChI is InChI=1S/C22H30O2S.C6H2Cl3N.ClH.V/c1-13-9-15(21(3,4)5)19(23)17(11-13)25-18-12-14(2)10-16(20(18)24)22(6,7)8;7-3-1-4(8)6(10)5(9)2-3;;/h9-12,23-24H,1-8H3;1-2H;1H;/q;;;+1/p-1. The molecule has 3 nitrogen and oxygen atoms in total. The first-order chi connectivity index (χ1) is 16.9. The third-order valence-corrected chi connectivity index (χ3v) is 7.99. The van der Waals surface area contributed by atoms with Crippen LogP contribution in [0.4, 0.5) is 5.69 Å². The molecular weight excluding hydrogens is 607 g/mol. The summed E-state index contributed by atoms with van der Waals surface area (Å²) < 4.78 is 3.98. The zero-order valence-electron chi connectivity index (χ0n) is 22.2. The molecule has 0 bridgehead atoms. The van der Waals surface area contributed by atoms with Crippen LogP contribution in [-0.4, -0.2) is 10.2 Å². The van der Waals surface area contributed by atoms with Crippen molar-refractivity contribution < 1.29 is 25.4 Å². The average molecular weight is 639 g/mol. The van der Waals surface area contributed by atoms with E-state index < -0.39 is 15.1 Å². The summed E-state index contributed by atoms with van der Waals surface area (Å²) in [5.74, 6) is 0.614. The first-order valence-electron chi connectivity index (χ1n) is 11.5. The summed E-state index contributed by atoms with van der Waals surface area (Å²) in [6, 6.07) is 11.2. The van der Waals surface area contributed by atoms with E-state index in [1.165, 1.54) is 11.8 Å². The maximum atomic E-state index is 10.8. The molecule has 0 aliphatic rings. The Hall–Kier alpha value is -0.846. The third kappa shape index (κ3) is 8.83. The van der Waals surface area contributed by atoms with E-state index in [4.69, 9.17) is 44.7 Å². The zero-order valence-corrected chi connectivity index (χ0v) is 27.4. The quantitative estimate of drug-likeness (QED) is 0.300. The van der Waals surface area contributed by atoms with E-state index in [0.717, 1.165) is 32.0 Å². The molecule has 3 aromatic rings. The summed E-state index contributed by atoms with van der Waals surface area (Å²) in [6.45, 7) is 16.6. The molecule has 9 heteroatoms. The molecule has 0 radical (unpaired) electrons. The number of aryl methyl sites for hydroxylation is 2. The Labute approximate surface area is 250 Å². The Morgan fingerprint density at radius 2 is 1.08 bits per heavy atom. The molecular formula is C28H32Cl4NO2SV. The maximum absolute atomic E-state index is 10.8. The normalized spacial score (nSPS) is 12.0. The topological polar surface area (TPSA) is 52.8 Å². The summed E-state index contributed by atoms with van der Waals surface area (Å²) in [5, 5.41) is 23.0. The average Bonchev–Trinajstić information content (AvgIpc) is 2.74. The number of nitrogens with zero attached hydrogens (tertiary/aromatic N) is 1. The summed E-state index contributed by atoms with van der Waals surface area (Å²) in [5.41, 5.74) is 4.31. The van der Waals surface area contributed by atoms with Gasteiger partial charge in [0, 0.05) is 11.1 Å². The van der Waals surface area contributed by atoms with Gasteiger partial charge in [0.1, 0.15) is 11.5 Å². The second-order valence-electron chi connectivity index (χ2n) is 10.8. The third-order valence-electron chi connectivity index (χ3n) is 5.39. The first kappa shape index (κ1) is 32.4. The van der Waals surface area contributed by atoms with Crippen LogP contribution in [0.25, 0.3) is 0 Å². The monoisotopic (exact) mass is 637 g/mol. The predicted molar refractivity (Wildman–Crippen MR) is 157 cm³/mol. The van der Waals surface area contributed by atoms with Crippen LogP contribution < -0.4 is 0 Å². The van der Waals surface area contributed by atoms with Crippen molar-refractivity contribution in [3.8, 4) is 11.5 Å². The molecule has 37 heavy (non-hydrogen) atoms. The molecule has 200 valence electrons. The number of phenolic OH excluding ortho intramolecular Hbond substituents is 2. The van der Waals surface area contributed by atoms with E-state index in [0.29, 0.717) is 32.3 Å². The van der Waals surface area contributed by atoms with E-state index in [1.54, 1.807) is 12.1 Å². The molecule has 0 saturated carbocycles. The molecule has 0 atom stereocenters. The van der Waals surface area contributed by atoms with Crippen LogP contribution in [0.5, 0.6) is 11.5 Å². The van der Waals surface area contributed by atoms with Gasteiger partial charge in [0.25, 0.3) is 0 Å². The Balaban J connectivity index is 0.000000335. The second kappa shape index (κ2) is 13.0. The SMILES string of the molecule is Cc1cc(Sc2cc(C)cc(C(C)(C)C)c2O)c(O)c(C(C)(C)C)c1.[Cl][V]=[N]c1c(Cl)cc(Cl)cc1Cl. The molecule has 3 aromatic carbocycles. The molecule has 2 N–H and O–H groups in total. The number of aromatic hydroxyl groups is 2. The van der Waals surface area contributed by atoms with Crippen LogP contribution >= 0.6 is 56.4 Å². The van der Waals surface area contributed by atoms with E-state index in [-0.39, 0.29) is 10.8 Å². The summed E-state index contributed by atoms with van der Waals surface area (Å²) >= 11 is 18.1. The minimum absolute atomic E-state index is 0.142. The molecule has 0 aromatic heterocycles. The van der Waals surface area contributed by atoms with Gasteiger partial charge in [-0.3, -0.25) is 0 Å². The molecule has 0 fully saturated rings. The number of halogens is 4. The van der Waals surface area contributed by atoms with Gasteiger partial charge in [-0.25, -0.2) is 0 Å². The summed E-state index contributed by atoms with van der Waals surface area (Å²) in [4.78, 5) is 1.57. The summed E-state index contributed by atoms with van der Waals surface area (Å²) in [7, 11) is 5.50. The van der Waals surface area contributed by atoms with E-state index in [1.807, 2.05) is 38.1 Å². The van der Waals surface area contributed by atoms with Gasteiger partial charge < -0.3 is 10.2 Å². The fraction of sp³-hybridized carbons (Fsp3) is 0.357. The Bertz CT molecular complexity index is 1220. The fourth-order valence-electron chi connectivity index (χ4n) is 3.58. The number of hydrogen-bond donors (Lipinski definition) is 2. The Morgan fingerprint density at radius 3 is 1.41 bits per heavy atom. The van der Waals surface area contributed by atoms with Gasteiger partial charge in [0.15, 0.2) is 0 Å². The summed E-state index contributed by atoms with van der Waals surface area (Å²) in [6.07, 6.45) is 0. The van der Waals surface area contributed by atoms with Gasteiger partial charge in [-0.05, 0) is 47.9 Å². The van der Waals surface area contributed by atoms with Crippen molar-refractivity contribution in [2.24, 2.45) is 3.79 Å². The van der Waals surface area contributed by atoms with Gasteiger partial charge in [0.05, 0.1) is 9.79 Å². The minimum atomic E-state index is -0.603.